The number of amides is 3. The van der Waals surface area contributed by atoms with Crippen LogP contribution in [0.4, 0.5) is 10.5 Å². The number of anilines is 1. The molecule has 3 amide bonds. The number of carbonyl (C=O) groups excluding carboxylic acids is 2. The Bertz CT molecular complexity index is 938. The lowest BCUT2D eigenvalue weighted by molar-refractivity contribution is -0.124. The molecule has 0 saturated carbocycles. The van der Waals surface area contributed by atoms with Gasteiger partial charge in [-0.1, -0.05) is 50.2 Å². The molecule has 3 aromatic rings. The van der Waals surface area contributed by atoms with Crippen molar-refractivity contribution >= 4 is 17.6 Å². The molecule has 0 aliphatic rings. The van der Waals surface area contributed by atoms with Crippen molar-refractivity contribution in [3.8, 4) is 5.69 Å². The zero-order chi connectivity index (χ0) is 20.6. The molecule has 150 valence electrons. The molecule has 1 aromatic heterocycles. The van der Waals surface area contributed by atoms with Crippen molar-refractivity contribution in [3.63, 3.8) is 0 Å². The number of aromatic nitrogens is 2. The van der Waals surface area contributed by atoms with Crippen LogP contribution in [0.2, 0.25) is 0 Å². The zero-order valence-corrected chi connectivity index (χ0v) is 16.5. The summed E-state index contributed by atoms with van der Waals surface area (Å²) in [5.74, 6) is -0.306. The lowest BCUT2D eigenvalue weighted by Crippen LogP contribution is -2.50. The average molecular weight is 391 g/mol. The van der Waals surface area contributed by atoms with E-state index in [1.54, 1.807) is 23.0 Å². The molecule has 0 spiro atoms. The fourth-order valence-corrected chi connectivity index (χ4v) is 2.84. The highest BCUT2D eigenvalue weighted by molar-refractivity contribution is 5.93. The van der Waals surface area contributed by atoms with E-state index in [0.717, 1.165) is 11.3 Å². The average Bonchev–Trinajstić information content (AvgIpc) is 3.20. The van der Waals surface area contributed by atoms with Crippen molar-refractivity contribution in [1.82, 2.24) is 20.4 Å². The Morgan fingerprint density at radius 1 is 1.00 bits per heavy atom. The van der Waals surface area contributed by atoms with Gasteiger partial charge in [-0.15, -0.1) is 0 Å². The van der Waals surface area contributed by atoms with E-state index < -0.39 is 12.1 Å². The summed E-state index contributed by atoms with van der Waals surface area (Å²) in [6.45, 7) is 4.11. The predicted octanol–water partition coefficient (Wildman–Crippen LogP) is 3.33. The van der Waals surface area contributed by atoms with Gasteiger partial charge in [0, 0.05) is 24.0 Å². The van der Waals surface area contributed by atoms with Crippen LogP contribution in [0.1, 0.15) is 19.4 Å². The minimum absolute atomic E-state index is 0.0661. The molecule has 29 heavy (non-hydrogen) atoms. The normalized spacial score (nSPS) is 11.7. The highest BCUT2D eigenvalue weighted by Crippen LogP contribution is 2.09. The molecule has 1 atom stereocenters. The lowest BCUT2D eigenvalue weighted by Gasteiger charge is -2.21. The van der Waals surface area contributed by atoms with E-state index in [-0.39, 0.29) is 11.8 Å². The molecular formula is C22H25N5O2. The topological polar surface area (TPSA) is 88.1 Å². The Morgan fingerprint density at radius 2 is 1.66 bits per heavy atom. The third kappa shape index (κ3) is 5.68. The molecule has 0 aliphatic carbocycles. The number of hydrogen-bond donors (Lipinski definition) is 3. The van der Waals surface area contributed by atoms with Gasteiger partial charge in [0.2, 0.25) is 5.91 Å². The highest BCUT2D eigenvalue weighted by Gasteiger charge is 2.24. The highest BCUT2D eigenvalue weighted by atomic mass is 16.2. The minimum atomic E-state index is -0.650. The molecule has 7 heteroatoms. The number of hydrogen-bond acceptors (Lipinski definition) is 3. The quantitative estimate of drug-likeness (QED) is 0.577. The van der Waals surface area contributed by atoms with Gasteiger partial charge in [0.05, 0.1) is 11.9 Å². The number of nitrogens with one attached hydrogen (secondary N) is 3. The van der Waals surface area contributed by atoms with Crippen LogP contribution >= 0.6 is 0 Å². The fraction of sp³-hybridized carbons (Fsp3) is 0.227. The molecule has 1 unspecified atom stereocenters. The Balaban J connectivity index is 1.56. The van der Waals surface area contributed by atoms with Crippen molar-refractivity contribution < 1.29 is 9.59 Å². The maximum atomic E-state index is 12.6. The molecule has 0 radical (unpaired) electrons. The van der Waals surface area contributed by atoms with E-state index in [2.05, 4.69) is 21.0 Å². The van der Waals surface area contributed by atoms with Crippen molar-refractivity contribution in [1.29, 1.82) is 0 Å². The second kappa shape index (κ2) is 9.54. The summed E-state index contributed by atoms with van der Waals surface area (Å²) in [5.41, 5.74) is 2.49. The van der Waals surface area contributed by atoms with Gasteiger partial charge in [-0.05, 0) is 30.2 Å². The molecule has 3 N–H and O–H groups in total. The summed E-state index contributed by atoms with van der Waals surface area (Å²) in [6, 6.07) is 17.8. The number of nitrogens with zero attached hydrogens (tertiary/aromatic N) is 2. The van der Waals surface area contributed by atoms with E-state index in [0.29, 0.717) is 12.2 Å². The van der Waals surface area contributed by atoms with Gasteiger partial charge < -0.3 is 16.0 Å². The van der Waals surface area contributed by atoms with Gasteiger partial charge in [0.25, 0.3) is 0 Å². The Labute approximate surface area is 170 Å². The van der Waals surface area contributed by atoms with Gasteiger partial charge in [-0.2, -0.15) is 5.10 Å². The van der Waals surface area contributed by atoms with Crippen LogP contribution in [0.3, 0.4) is 0 Å². The van der Waals surface area contributed by atoms with Gasteiger partial charge in [-0.3, -0.25) is 4.79 Å². The standard InChI is InChI=1S/C22H25N5O2/c1-16(2)20(26-22(29)25-18-9-5-3-6-10-18)21(28)23-13-17-14-24-27(15-17)19-11-7-4-8-12-19/h3-12,14-16,20H,13H2,1-2H3,(H,23,28)(H2,25,26,29). The zero-order valence-electron chi connectivity index (χ0n) is 16.5. The first-order valence-corrected chi connectivity index (χ1v) is 9.52. The maximum absolute atomic E-state index is 12.6. The van der Waals surface area contributed by atoms with Crippen molar-refractivity contribution in [2.24, 2.45) is 5.92 Å². The molecule has 0 saturated heterocycles. The molecule has 2 aromatic carbocycles. The van der Waals surface area contributed by atoms with Crippen molar-refractivity contribution in [2.75, 3.05) is 5.32 Å². The Hall–Kier alpha value is -3.61. The number of carbonyl (C=O) groups is 2. The lowest BCUT2D eigenvalue weighted by atomic mass is 10.0. The number of urea groups is 1. The van der Waals surface area contributed by atoms with E-state index in [9.17, 15) is 9.59 Å². The molecule has 0 aliphatic heterocycles. The van der Waals surface area contributed by atoms with Crippen LogP contribution < -0.4 is 16.0 Å². The molecule has 7 nitrogen and oxygen atoms in total. The van der Waals surface area contributed by atoms with Crippen LogP contribution in [0, 0.1) is 5.92 Å². The van der Waals surface area contributed by atoms with Crippen LogP contribution in [0.15, 0.2) is 73.1 Å². The summed E-state index contributed by atoms with van der Waals surface area (Å²) < 4.78 is 1.76. The van der Waals surface area contributed by atoms with E-state index in [4.69, 9.17) is 0 Å². The van der Waals surface area contributed by atoms with Crippen LogP contribution in [-0.2, 0) is 11.3 Å². The SMILES string of the molecule is CC(C)C(NC(=O)Nc1ccccc1)C(=O)NCc1cnn(-c2ccccc2)c1. The van der Waals surface area contributed by atoms with Gasteiger partial charge in [-0.25, -0.2) is 9.48 Å². The maximum Gasteiger partial charge on any atom is 0.319 e. The summed E-state index contributed by atoms with van der Waals surface area (Å²) in [4.78, 5) is 24.9. The van der Waals surface area contributed by atoms with Crippen LogP contribution in [-0.4, -0.2) is 27.8 Å². The molecule has 0 fully saturated rings. The van der Waals surface area contributed by atoms with Crippen molar-refractivity contribution in [2.45, 2.75) is 26.4 Å². The first kappa shape index (κ1) is 20.1. The van der Waals surface area contributed by atoms with Crippen molar-refractivity contribution in [3.05, 3.63) is 78.6 Å². The fourth-order valence-electron chi connectivity index (χ4n) is 2.84. The summed E-state index contributed by atoms with van der Waals surface area (Å²) in [7, 11) is 0. The first-order valence-electron chi connectivity index (χ1n) is 9.52. The minimum Gasteiger partial charge on any atom is -0.350 e. The second-order valence-electron chi connectivity index (χ2n) is 7.03. The summed E-state index contributed by atoms with van der Waals surface area (Å²) >= 11 is 0. The van der Waals surface area contributed by atoms with Gasteiger partial charge >= 0.3 is 6.03 Å². The Morgan fingerprint density at radius 3 is 2.31 bits per heavy atom. The van der Waals surface area contributed by atoms with E-state index in [1.165, 1.54) is 0 Å². The largest absolute Gasteiger partial charge is 0.350 e. The third-order valence-electron chi connectivity index (χ3n) is 4.39. The number of rotatable bonds is 7. The molecule has 1 heterocycles. The monoisotopic (exact) mass is 391 g/mol. The second-order valence-corrected chi connectivity index (χ2v) is 7.03. The smallest absolute Gasteiger partial charge is 0.319 e. The van der Waals surface area contributed by atoms with Gasteiger partial charge in [0.15, 0.2) is 0 Å². The Kier molecular flexibility index (Phi) is 6.63. The molecule has 0 bridgehead atoms. The summed E-state index contributed by atoms with van der Waals surface area (Å²) in [6.07, 6.45) is 3.59. The first-order chi connectivity index (χ1) is 14.0. The van der Waals surface area contributed by atoms with E-state index >= 15 is 0 Å². The number of para-hydroxylation sites is 2. The third-order valence-corrected chi connectivity index (χ3v) is 4.39. The van der Waals surface area contributed by atoms with E-state index in [1.807, 2.05) is 68.6 Å². The summed E-state index contributed by atoms with van der Waals surface area (Å²) in [5, 5.41) is 12.7. The van der Waals surface area contributed by atoms with Crippen LogP contribution in [0.25, 0.3) is 5.69 Å². The number of benzene rings is 2. The van der Waals surface area contributed by atoms with Crippen LogP contribution in [0.5, 0.6) is 0 Å². The molecular weight excluding hydrogens is 366 g/mol. The predicted molar refractivity (Wildman–Crippen MR) is 113 cm³/mol. The molecule has 3 rings (SSSR count). The van der Waals surface area contributed by atoms with Gasteiger partial charge in [0.1, 0.15) is 6.04 Å².